The zero-order valence-electron chi connectivity index (χ0n) is 11.7. The van der Waals surface area contributed by atoms with Crippen molar-refractivity contribution in [3.8, 4) is 0 Å². The van der Waals surface area contributed by atoms with Crippen molar-refractivity contribution >= 4 is 17.4 Å². The second kappa shape index (κ2) is 6.37. The Labute approximate surface area is 123 Å². The van der Waals surface area contributed by atoms with Crippen molar-refractivity contribution < 1.29 is 9.53 Å². The Kier molecular flexibility index (Phi) is 4.12. The molecule has 0 bridgehead atoms. The van der Waals surface area contributed by atoms with Crippen LogP contribution in [-0.4, -0.2) is 37.2 Å². The average Bonchev–Trinajstić information content (AvgIpc) is 2.57. The molecule has 0 unspecified atom stereocenters. The highest BCUT2D eigenvalue weighted by Gasteiger charge is 2.12. The van der Waals surface area contributed by atoms with E-state index in [-0.39, 0.29) is 5.91 Å². The summed E-state index contributed by atoms with van der Waals surface area (Å²) in [5.41, 5.74) is 1.67. The summed E-state index contributed by atoms with van der Waals surface area (Å²) in [5.74, 6) is 0.406. The molecule has 0 spiro atoms. The van der Waals surface area contributed by atoms with Gasteiger partial charge in [0.05, 0.1) is 25.1 Å². The van der Waals surface area contributed by atoms with Crippen molar-refractivity contribution in [2.75, 3.05) is 36.5 Å². The summed E-state index contributed by atoms with van der Waals surface area (Å²) in [6, 6.07) is 12.9. The smallest absolute Gasteiger partial charge is 0.256 e. The van der Waals surface area contributed by atoms with Crippen molar-refractivity contribution in [2.45, 2.75) is 0 Å². The zero-order valence-corrected chi connectivity index (χ0v) is 11.7. The molecule has 5 heteroatoms. The lowest BCUT2D eigenvalue weighted by molar-refractivity contribution is 0.102. The number of nitrogens with one attached hydrogen (secondary N) is 1. The quantitative estimate of drug-likeness (QED) is 0.938. The van der Waals surface area contributed by atoms with Crippen LogP contribution in [0.4, 0.5) is 11.5 Å². The van der Waals surface area contributed by atoms with E-state index in [4.69, 9.17) is 4.74 Å². The Balaban J connectivity index is 1.65. The number of aromatic nitrogens is 1. The summed E-state index contributed by atoms with van der Waals surface area (Å²) in [5, 5.41) is 2.80. The lowest BCUT2D eigenvalue weighted by atomic mass is 10.2. The van der Waals surface area contributed by atoms with Crippen LogP contribution in [-0.2, 0) is 4.74 Å². The van der Waals surface area contributed by atoms with Crippen LogP contribution >= 0.6 is 0 Å². The Morgan fingerprint density at radius 2 is 1.86 bits per heavy atom. The van der Waals surface area contributed by atoms with Crippen molar-refractivity contribution in [2.24, 2.45) is 0 Å². The summed E-state index contributed by atoms with van der Waals surface area (Å²) in [6.07, 6.45) is 1.78. The van der Waals surface area contributed by atoms with E-state index in [2.05, 4.69) is 15.2 Å². The maximum atomic E-state index is 12.0. The van der Waals surface area contributed by atoms with Crippen LogP contribution in [0.3, 0.4) is 0 Å². The molecule has 1 aliphatic heterocycles. The van der Waals surface area contributed by atoms with E-state index in [0.29, 0.717) is 11.4 Å². The van der Waals surface area contributed by atoms with Gasteiger partial charge in [0.15, 0.2) is 0 Å². The van der Waals surface area contributed by atoms with Gasteiger partial charge in [-0.15, -0.1) is 0 Å². The normalized spacial score (nSPS) is 14.8. The van der Waals surface area contributed by atoms with Crippen molar-refractivity contribution in [3.63, 3.8) is 0 Å². The monoisotopic (exact) mass is 283 g/mol. The Morgan fingerprint density at radius 3 is 2.52 bits per heavy atom. The number of carbonyl (C=O) groups excluding carboxylic acids is 1. The third kappa shape index (κ3) is 3.38. The molecule has 1 fully saturated rings. The van der Waals surface area contributed by atoms with Gasteiger partial charge in [-0.1, -0.05) is 18.2 Å². The number of anilines is 2. The minimum Gasteiger partial charge on any atom is -0.378 e. The highest BCUT2D eigenvalue weighted by Crippen LogP contribution is 2.16. The van der Waals surface area contributed by atoms with Crippen LogP contribution in [0.15, 0.2) is 48.7 Å². The minimum atomic E-state index is -0.151. The van der Waals surface area contributed by atoms with Crippen LogP contribution in [0.2, 0.25) is 0 Å². The molecule has 3 rings (SSSR count). The first-order valence-electron chi connectivity index (χ1n) is 6.98. The number of carbonyl (C=O) groups is 1. The van der Waals surface area contributed by atoms with Crippen LogP contribution in [0, 0.1) is 0 Å². The number of ether oxygens (including phenoxy) is 1. The van der Waals surface area contributed by atoms with Gasteiger partial charge < -0.3 is 15.0 Å². The molecule has 2 heterocycles. The van der Waals surface area contributed by atoms with E-state index in [1.54, 1.807) is 18.3 Å². The van der Waals surface area contributed by atoms with E-state index in [0.717, 1.165) is 32.0 Å². The molecule has 1 aromatic heterocycles. The Bertz CT molecular complexity index is 593. The predicted molar refractivity (Wildman–Crippen MR) is 81.7 cm³/mol. The van der Waals surface area contributed by atoms with E-state index < -0.39 is 0 Å². The molecular weight excluding hydrogens is 266 g/mol. The van der Waals surface area contributed by atoms with Gasteiger partial charge >= 0.3 is 0 Å². The number of morpholine rings is 1. The first-order chi connectivity index (χ1) is 10.3. The molecule has 1 aliphatic rings. The fourth-order valence-electron chi connectivity index (χ4n) is 2.25. The van der Waals surface area contributed by atoms with Crippen LogP contribution in [0.5, 0.6) is 0 Å². The summed E-state index contributed by atoms with van der Waals surface area (Å²) in [6.45, 7) is 3.23. The predicted octanol–water partition coefficient (Wildman–Crippen LogP) is 2.17. The standard InChI is InChI=1S/C16H17N3O2/c20-16(13-4-2-1-3-5-13)18-15-7-6-14(12-17-15)19-8-10-21-11-9-19/h1-7,12H,8-11H2,(H,17,18,20). The maximum Gasteiger partial charge on any atom is 0.256 e. The molecular formula is C16H17N3O2. The lowest BCUT2D eigenvalue weighted by Crippen LogP contribution is -2.36. The van der Waals surface area contributed by atoms with Gasteiger partial charge in [-0.3, -0.25) is 4.79 Å². The number of amides is 1. The molecule has 0 radical (unpaired) electrons. The second-order valence-electron chi connectivity index (χ2n) is 4.82. The number of benzene rings is 1. The molecule has 1 N–H and O–H groups in total. The molecule has 5 nitrogen and oxygen atoms in total. The number of pyridine rings is 1. The molecule has 108 valence electrons. The molecule has 21 heavy (non-hydrogen) atoms. The van der Waals surface area contributed by atoms with E-state index in [1.807, 2.05) is 30.3 Å². The molecule has 0 atom stereocenters. The lowest BCUT2D eigenvalue weighted by Gasteiger charge is -2.28. The molecule has 2 aromatic rings. The van der Waals surface area contributed by atoms with Crippen LogP contribution in [0.25, 0.3) is 0 Å². The Morgan fingerprint density at radius 1 is 1.10 bits per heavy atom. The van der Waals surface area contributed by atoms with Crippen molar-refractivity contribution in [1.29, 1.82) is 0 Å². The third-order valence-electron chi connectivity index (χ3n) is 3.40. The Hall–Kier alpha value is -2.40. The number of nitrogens with zero attached hydrogens (tertiary/aromatic N) is 2. The van der Waals surface area contributed by atoms with Crippen LogP contribution in [0.1, 0.15) is 10.4 Å². The SMILES string of the molecule is O=C(Nc1ccc(N2CCOCC2)cn1)c1ccccc1. The van der Waals surface area contributed by atoms with Gasteiger partial charge in [-0.05, 0) is 24.3 Å². The van der Waals surface area contributed by atoms with E-state index >= 15 is 0 Å². The van der Waals surface area contributed by atoms with Gasteiger partial charge in [0.1, 0.15) is 5.82 Å². The minimum absolute atomic E-state index is 0.151. The highest BCUT2D eigenvalue weighted by atomic mass is 16.5. The second-order valence-corrected chi connectivity index (χ2v) is 4.82. The number of rotatable bonds is 3. The largest absolute Gasteiger partial charge is 0.378 e. The summed E-state index contributed by atoms with van der Waals surface area (Å²) >= 11 is 0. The van der Waals surface area contributed by atoms with E-state index in [1.165, 1.54) is 0 Å². The maximum absolute atomic E-state index is 12.0. The van der Waals surface area contributed by atoms with Crippen molar-refractivity contribution in [1.82, 2.24) is 4.98 Å². The summed E-state index contributed by atoms with van der Waals surface area (Å²) in [4.78, 5) is 18.5. The fraction of sp³-hybridized carbons (Fsp3) is 0.250. The zero-order chi connectivity index (χ0) is 14.5. The highest BCUT2D eigenvalue weighted by molar-refractivity contribution is 6.03. The van der Waals surface area contributed by atoms with Crippen LogP contribution < -0.4 is 10.2 Å². The molecule has 1 amide bonds. The number of hydrogen-bond donors (Lipinski definition) is 1. The molecule has 0 aliphatic carbocycles. The van der Waals surface area contributed by atoms with Gasteiger partial charge in [0, 0.05) is 18.7 Å². The average molecular weight is 283 g/mol. The first kappa shape index (κ1) is 13.6. The van der Waals surface area contributed by atoms with Gasteiger partial charge in [-0.25, -0.2) is 4.98 Å². The van der Waals surface area contributed by atoms with Gasteiger partial charge in [0.2, 0.25) is 0 Å². The molecule has 0 saturated carbocycles. The molecule has 1 saturated heterocycles. The van der Waals surface area contributed by atoms with Gasteiger partial charge in [-0.2, -0.15) is 0 Å². The summed E-state index contributed by atoms with van der Waals surface area (Å²) in [7, 11) is 0. The topological polar surface area (TPSA) is 54.5 Å². The van der Waals surface area contributed by atoms with Gasteiger partial charge in [0.25, 0.3) is 5.91 Å². The van der Waals surface area contributed by atoms with Crippen molar-refractivity contribution in [3.05, 3.63) is 54.2 Å². The number of hydrogen-bond acceptors (Lipinski definition) is 4. The third-order valence-corrected chi connectivity index (χ3v) is 3.40. The van der Waals surface area contributed by atoms with E-state index in [9.17, 15) is 4.79 Å². The molecule has 1 aromatic carbocycles. The summed E-state index contributed by atoms with van der Waals surface area (Å²) < 4.78 is 5.33. The fourth-order valence-corrected chi connectivity index (χ4v) is 2.25. The first-order valence-corrected chi connectivity index (χ1v) is 6.98.